The molecule has 104 valence electrons. The highest BCUT2D eigenvalue weighted by atomic mass is 79.9. The first kappa shape index (κ1) is 13.4. The Kier molecular flexibility index (Phi) is 4.21. The van der Waals surface area contributed by atoms with Gasteiger partial charge in [0.2, 0.25) is 0 Å². The van der Waals surface area contributed by atoms with Gasteiger partial charge in [-0.25, -0.2) is 4.98 Å². The molecule has 3 nitrogen and oxygen atoms in total. The summed E-state index contributed by atoms with van der Waals surface area (Å²) in [6.07, 6.45) is 4.15. The number of hydrogen-bond donors (Lipinski definition) is 1. The van der Waals surface area contributed by atoms with Gasteiger partial charge in [-0.2, -0.15) is 0 Å². The number of benzene rings is 1. The van der Waals surface area contributed by atoms with E-state index < -0.39 is 0 Å². The Labute approximate surface area is 128 Å². The van der Waals surface area contributed by atoms with Crippen LogP contribution in [0.25, 0.3) is 0 Å². The molecule has 0 bridgehead atoms. The number of nitrogens with zero attached hydrogens (tertiary/aromatic N) is 2. The number of nitrogens with one attached hydrogen (secondary N) is 1. The Balaban J connectivity index is 1.56. The lowest BCUT2D eigenvalue weighted by Gasteiger charge is -2.33. The molecule has 1 fully saturated rings. The van der Waals surface area contributed by atoms with Crippen molar-refractivity contribution in [1.82, 2.24) is 4.98 Å². The van der Waals surface area contributed by atoms with E-state index in [-0.39, 0.29) is 0 Å². The maximum atomic E-state index is 4.42. The van der Waals surface area contributed by atoms with Crippen LogP contribution in [0.2, 0.25) is 0 Å². The lowest BCUT2D eigenvalue weighted by atomic mass is 10.0. The molecule has 1 aromatic heterocycles. The Hall–Kier alpha value is -1.55. The van der Waals surface area contributed by atoms with Gasteiger partial charge in [0.1, 0.15) is 5.82 Å². The van der Waals surface area contributed by atoms with Crippen LogP contribution in [0.5, 0.6) is 0 Å². The number of pyridine rings is 1. The van der Waals surface area contributed by atoms with Crippen molar-refractivity contribution in [3.63, 3.8) is 0 Å². The van der Waals surface area contributed by atoms with Crippen LogP contribution >= 0.6 is 15.9 Å². The summed E-state index contributed by atoms with van der Waals surface area (Å²) in [5.41, 5.74) is 1.19. The van der Waals surface area contributed by atoms with Crippen LogP contribution in [-0.4, -0.2) is 24.1 Å². The first-order valence-corrected chi connectivity index (χ1v) is 7.79. The summed E-state index contributed by atoms with van der Waals surface area (Å²) in [6, 6.07) is 15.0. The quantitative estimate of drug-likeness (QED) is 0.923. The number of piperidine rings is 1. The lowest BCUT2D eigenvalue weighted by Crippen LogP contribution is -2.39. The van der Waals surface area contributed by atoms with Gasteiger partial charge in [-0.3, -0.25) is 0 Å². The molecule has 0 radical (unpaired) electrons. The van der Waals surface area contributed by atoms with Crippen LogP contribution in [-0.2, 0) is 0 Å². The number of rotatable bonds is 3. The fraction of sp³-hybridized carbons (Fsp3) is 0.312. The molecule has 2 aromatic rings. The molecule has 3 rings (SSSR count). The zero-order valence-corrected chi connectivity index (χ0v) is 12.9. The second-order valence-electron chi connectivity index (χ2n) is 5.10. The zero-order chi connectivity index (χ0) is 13.8. The van der Waals surface area contributed by atoms with Crippen LogP contribution < -0.4 is 10.2 Å². The smallest absolute Gasteiger partial charge is 0.128 e. The van der Waals surface area contributed by atoms with E-state index >= 15 is 0 Å². The number of anilines is 2. The number of aromatic nitrogens is 1. The highest BCUT2D eigenvalue weighted by molar-refractivity contribution is 9.10. The van der Waals surface area contributed by atoms with E-state index in [0.717, 1.165) is 36.2 Å². The third kappa shape index (κ3) is 3.31. The predicted molar refractivity (Wildman–Crippen MR) is 87.2 cm³/mol. The van der Waals surface area contributed by atoms with Gasteiger partial charge in [0.15, 0.2) is 0 Å². The summed E-state index contributed by atoms with van der Waals surface area (Å²) in [6.45, 7) is 2.12. The van der Waals surface area contributed by atoms with Crippen LogP contribution in [0.1, 0.15) is 12.8 Å². The third-order valence-corrected chi connectivity index (χ3v) is 4.16. The first-order chi connectivity index (χ1) is 9.81. The molecule has 4 heteroatoms. The van der Waals surface area contributed by atoms with Gasteiger partial charge >= 0.3 is 0 Å². The molecular formula is C16H18BrN3. The van der Waals surface area contributed by atoms with E-state index in [1.54, 1.807) is 0 Å². The minimum Gasteiger partial charge on any atom is -0.382 e. The second-order valence-corrected chi connectivity index (χ2v) is 6.02. The minimum absolute atomic E-state index is 0.546. The van der Waals surface area contributed by atoms with Crippen molar-refractivity contribution in [2.24, 2.45) is 0 Å². The highest BCUT2D eigenvalue weighted by Gasteiger charge is 2.19. The van der Waals surface area contributed by atoms with Gasteiger partial charge in [0.25, 0.3) is 0 Å². The van der Waals surface area contributed by atoms with E-state index in [0.29, 0.717) is 6.04 Å². The van der Waals surface area contributed by atoms with E-state index in [2.05, 4.69) is 61.5 Å². The predicted octanol–water partition coefficient (Wildman–Crippen LogP) is 3.93. The van der Waals surface area contributed by atoms with Gasteiger partial charge in [-0.15, -0.1) is 0 Å². The molecule has 0 amide bonds. The SMILES string of the molecule is Brc1cccc(NC2CCN(c3ccccn3)CC2)c1. The van der Waals surface area contributed by atoms with Crippen molar-refractivity contribution >= 4 is 27.4 Å². The van der Waals surface area contributed by atoms with Crippen LogP contribution in [0, 0.1) is 0 Å². The number of hydrogen-bond acceptors (Lipinski definition) is 3. The highest BCUT2D eigenvalue weighted by Crippen LogP contribution is 2.22. The number of halogens is 1. The van der Waals surface area contributed by atoms with Crippen molar-refractivity contribution in [3.8, 4) is 0 Å². The maximum Gasteiger partial charge on any atom is 0.128 e. The van der Waals surface area contributed by atoms with Crippen molar-refractivity contribution in [1.29, 1.82) is 0 Å². The van der Waals surface area contributed by atoms with Crippen LogP contribution in [0.4, 0.5) is 11.5 Å². The Morgan fingerprint density at radius 1 is 1.10 bits per heavy atom. The Morgan fingerprint density at radius 2 is 1.95 bits per heavy atom. The Morgan fingerprint density at radius 3 is 2.65 bits per heavy atom. The molecule has 1 aliphatic rings. The van der Waals surface area contributed by atoms with Crippen molar-refractivity contribution < 1.29 is 0 Å². The Bertz CT molecular complexity index is 551. The molecule has 0 saturated carbocycles. The molecule has 0 spiro atoms. The molecule has 1 saturated heterocycles. The first-order valence-electron chi connectivity index (χ1n) is 6.99. The molecule has 1 N–H and O–H groups in total. The third-order valence-electron chi connectivity index (χ3n) is 3.66. The fourth-order valence-electron chi connectivity index (χ4n) is 2.61. The molecule has 0 aliphatic carbocycles. The molecule has 1 aliphatic heterocycles. The van der Waals surface area contributed by atoms with Crippen molar-refractivity contribution in [3.05, 3.63) is 53.1 Å². The van der Waals surface area contributed by atoms with Gasteiger partial charge in [0, 0.05) is 35.5 Å². The zero-order valence-electron chi connectivity index (χ0n) is 11.3. The van der Waals surface area contributed by atoms with E-state index in [1.165, 1.54) is 5.69 Å². The summed E-state index contributed by atoms with van der Waals surface area (Å²) >= 11 is 3.51. The second kappa shape index (κ2) is 6.27. The topological polar surface area (TPSA) is 28.2 Å². The average Bonchev–Trinajstić information content (AvgIpc) is 2.49. The van der Waals surface area contributed by atoms with Crippen molar-refractivity contribution in [2.45, 2.75) is 18.9 Å². The van der Waals surface area contributed by atoms with E-state index in [4.69, 9.17) is 0 Å². The van der Waals surface area contributed by atoms with Crippen molar-refractivity contribution in [2.75, 3.05) is 23.3 Å². The summed E-state index contributed by atoms with van der Waals surface area (Å²) in [7, 11) is 0. The van der Waals surface area contributed by atoms with E-state index in [1.807, 2.05) is 18.3 Å². The van der Waals surface area contributed by atoms with Crippen LogP contribution in [0.3, 0.4) is 0 Å². The average molecular weight is 332 g/mol. The summed E-state index contributed by atoms with van der Waals surface area (Å²) in [5.74, 6) is 1.09. The normalized spacial score (nSPS) is 16.1. The molecular weight excluding hydrogens is 314 g/mol. The molecule has 2 heterocycles. The monoisotopic (exact) mass is 331 g/mol. The maximum absolute atomic E-state index is 4.42. The van der Waals surface area contributed by atoms with Gasteiger partial charge in [-0.05, 0) is 43.2 Å². The fourth-order valence-corrected chi connectivity index (χ4v) is 3.01. The summed E-state index contributed by atoms with van der Waals surface area (Å²) in [4.78, 5) is 6.78. The molecule has 0 unspecified atom stereocenters. The standard InChI is InChI=1S/C16H18BrN3/c17-13-4-3-5-15(12-13)19-14-7-10-20(11-8-14)16-6-1-2-9-18-16/h1-6,9,12,14,19H,7-8,10-11H2. The largest absolute Gasteiger partial charge is 0.382 e. The molecule has 1 aromatic carbocycles. The minimum atomic E-state index is 0.546. The van der Waals surface area contributed by atoms with Gasteiger partial charge in [0.05, 0.1) is 0 Å². The lowest BCUT2D eigenvalue weighted by molar-refractivity contribution is 0.523. The van der Waals surface area contributed by atoms with Gasteiger partial charge in [-0.1, -0.05) is 28.1 Å². The molecule has 20 heavy (non-hydrogen) atoms. The van der Waals surface area contributed by atoms with Gasteiger partial charge < -0.3 is 10.2 Å². The summed E-state index contributed by atoms with van der Waals surface area (Å²) in [5, 5.41) is 3.62. The van der Waals surface area contributed by atoms with Crippen LogP contribution in [0.15, 0.2) is 53.1 Å². The van der Waals surface area contributed by atoms with E-state index in [9.17, 15) is 0 Å². The summed E-state index contributed by atoms with van der Waals surface area (Å²) < 4.78 is 1.12. The molecule has 0 atom stereocenters.